The Balaban J connectivity index is 1.67. The molecule has 5 heteroatoms. The maximum Gasteiger partial charge on any atom is 0.355 e. The Morgan fingerprint density at radius 3 is 2.77 bits per heavy atom. The van der Waals surface area contributed by atoms with Crippen LogP contribution in [0.15, 0.2) is 36.5 Å². The first-order chi connectivity index (χ1) is 12.7. The largest absolute Gasteiger partial charge is 0.493 e. The number of aromatic nitrogens is 1. The second-order valence-corrected chi connectivity index (χ2v) is 6.82. The number of hydrogen-bond acceptors (Lipinski definition) is 4. The standard InChI is InChI=1S/C21H26N2O3/c1-15-17(18-7-3-11-23-20(18)21(24)25)6-2-8-19(15)26-14-4-5-16-9-12-22-13-10-16/h2-3,6-8,11,16,22H,4-5,9-10,12-14H2,1H3,(H,24,25). The van der Waals surface area contributed by atoms with Crippen LogP contribution in [0.3, 0.4) is 0 Å². The Bertz CT molecular complexity index is 755. The summed E-state index contributed by atoms with van der Waals surface area (Å²) in [7, 11) is 0. The lowest BCUT2D eigenvalue weighted by Crippen LogP contribution is -2.27. The number of carboxylic acids is 1. The quantitative estimate of drug-likeness (QED) is 0.738. The Hall–Kier alpha value is -2.40. The third kappa shape index (κ3) is 4.41. The number of benzene rings is 1. The number of aromatic carboxylic acids is 1. The molecule has 0 unspecified atom stereocenters. The van der Waals surface area contributed by atoms with Gasteiger partial charge in [0.05, 0.1) is 6.61 Å². The number of nitrogens with one attached hydrogen (secondary N) is 1. The summed E-state index contributed by atoms with van der Waals surface area (Å²) in [6.45, 7) is 4.91. The highest BCUT2D eigenvalue weighted by Gasteiger charge is 2.16. The number of carboxylic acid groups (broad SMARTS) is 1. The summed E-state index contributed by atoms with van der Waals surface area (Å²) in [4.78, 5) is 15.5. The first-order valence-corrected chi connectivity index (χ1v) is 9.28. The average Bonchev–Trinajstić information content (AvgIpc) is 2.67. The molecule has 3 rings (SSSR count). The molecule has 0 radical (unpaired) electrons. The first kappa shape index (κ1) is 18.4. The number of ether oxygens (including phenoxy) is 1. The monoisotopic (exact) mass is 354 g/mol. The van der Waals surface area contributed by atoms with E-state index < -0.39 is 5.97 Å². The molecule has 1 aromatic carbocycles. The highest BCUT2D eigenvalue weighted by atomic mass is 16.5. The SMILES string of the molecule is Cc1c(OCCCC2CCNCC2)cccc1-c1cccnc1C(=O)O. The van der Waals surface area contributed by atoms with Gasteiger partial charge in [-0.25, -0.2) is 9.78 Å². The molecule has 0 atom stereocenters. The number of carbonyl (C=O) groups is 1. The van der Waals surface area contributed by atoms with Crippen molar-refractivity contribution in [2.24, 2.45) is 5.92 Å². The molecule has 26 heavy (non-hydrogen) atoms. The topological polar surface area (TPSA) is 71.5 Å². The summed E-state index contributed by atoms with van der Waals surface area (Å²) in [5.41, 5.74) is 2.49. The Morgan fingerprint density at radius 1 is 1.23 bits per heavy atom. The van der Waals surface area contributed by atoms with Gasteiger partial charge in [0.15, 0.2) is 5.69 Å². The summed E-state index contributed by atoms with van der Waals surface area (Å²) >= 11 is 0. The zero-order valence-electron chi connectivity index (χ0n) is 15.2. The predicted molar refractivity (Wildman–Crippen MR) is 102 cm³/mol. The van der Waals surface area contributed by atoms with E-state index in [2.05, 4.69) is 10.3 Å². The molecular weight excluding hydrogens is 328 g/mol. The number of rotatable bonds is 7. The Labute approximate surface area is 154 Å². The summed E-state index contributed by atoms with van der Waals surface area (Å²) in [5.74, 6) is 0.599. The molecule has 0 bridgehead atoms. The van der Waals surface area contributed by atoms with Crippen LogP contribution in [0.25, 0.3) is 11.1 Å². The molecule has 2 N–H and O–H groups in total. The molecule has 0 spiro atoms. The number of piperidine rings is 1. The lowest BCUT2D eigenvalue weighted by Gasteiger charge is -2.22. The van der Waals surface area contributed by atoms with Crippen LogP contribution in [0.4, 0.5) is 0 Å². The van der Waals surface area contributed by atoms with Crippen molar-refractivity contribution in [3.05, 3.63) is 47.8 Å². The van der Waals surface area contributed by atoms with Gasteiger partial charge in [-0.1, -0.05) is 18.2 Å². The molecule has 1 aliphatic heterocycles. The van der Waals surface area contributed by atoms with Crippen molar-refractivity contribution < 1.29 is 14.6 Å². The maximum absolute atomic E-state index is 11.5. The van der Waals surface area contributed by atoms with Gasteiger partial charge in [0, 0.05) is 11.8 Å². The molecule has 1 aliphatic rings. The molecule has 0 amide bonds. The van der Waals surface area contributed by atoms with E-state index >= 15 is 0 Å². The molecule has 1 saturated heterocycles. The molecule has 1 fully saturated rings. The maximum atomic E-state index is 11.5. The van der Waals surface area contributed by atoms with Gasteiger partial charge in [0.1, 0.15) is 5.75 Å². The molecular formula is C21H26N2O3. The van der Waals surface area contributed by atoms with E-state index in [1.807, 2.05) is 25.1 Å². The van der Waals surface area contributed by atoms with Gasteiger partial charge in [-0.05, 0) is 74.9 Å². The lowest BCUT2D eigenvalue weighted by molar-refractivity contribution is 0.0691. The van der Waals surface area contributed by atoms with E-state index in [1.165, 1.54) is 25.5 Å². The van der Waals surface area contributed by atoms with Crippen LogP contribution in [0.1, 0.15) is 41.7 Å². The zero-order chi connectivity index (χ0) is 18.4. The molecule has 138 valence electrons. The third-order valence-corrected chi connectivity index (χ3v) is 5.06. The van der Waals surface area contributed by atoms with Crippen LogP contribution in [0.2, 0.25) is 0 Å². The lowest BCUT2D eigenvalue weighted by atomic mass is 9.93. The van der Waals surface area contributed by atoms with Gasteiger partial charge < -0.3 is 15.2 Å². The van der Waals surface area contributed by atoms with Crippen LogP contribution in [0, 0.1) is 12.8 Å². The fraction of sp³-hybridized carbons (Fsp3) is 0.429. The number of hydrogen-bond donors (Lipinski definition) is 2. The van der Waals surface area contributed by atoms with Crippen LogP contribution in [-0.2, 0) is 0 Å². The minimum absolute atomic E-state index is 0.0682. The second kappa shape index (κ2) is 8.81. The highest BCUT2D eigenvalue weighted by molar-refractivity contribution is 5.94. The van der Waals surface area contributed by atoms with Crippen LogP contribution in [0.5, 0.6) is 5.75 Å². The van der Waals surface area contributed by atoms with Crippen molar-refractivity contribution in [3.8, 4) is 16.9 Å². The number of pyridine rings is 1. The van der Waals surface area contributed by atoms with Crippen molar-refractivity contribution in [2.75, 3.05) is 19.7 Å². The average molecular weight is 354 g/mol. The van der Waals surface area contributed by atoms with E-state index in [-0.39, 0.29) is 5.69 Å². The van der Waals surface area contributed by atoms with Crippen LogP contribution < -0.4 is 10.1 Å². The normalized spacial score (nSPS) is 15.0. The van der Waals surface area contributed by atoms with Crippen LogP contribution >= 0.6 is 0 Å². The molecule has 2 heterocycles. The van der Waals surface area contributed by atoms with E-state index in [0.29, 0.717) is 12.2 Å². The fourth-order valence-electron chi connectivity index (χ4n) is 3.58. The van der Waals surface area contributed by atoms with E-state index in [0.717, 1.165) is 42.3 Å². The summed E-state index contributed by atoms with van der Waals surface area (Å²) < 4.78 is 6.01. The fourth-order valence-corrected chi connectivity index (χ4v) is 3.58. The molecule has 0 saturated carbocycles. The second-order valence-electron chi connectivity index (χ2n) is 6.82. The van der Waals surface area contributed by atoms with Gasteiger partial charge in [0.25, 0.3) is 0 Å². The van der Waals surface area contributed by atoms with Crippen molar-refractivity contribution in [2.45, 2.75) is 32.6 Å². The third-order valence-electron chi connectivity index (χ3n) is 5.06. The van der Waals surface area contributed by atoms with E-state index in [4.69, 9.17) is 4.74 Å². The zero-order valence-corrected chi connectivity index (χ0v) is 15.2. The van der Waals surface area contributed by atoms with Gasteiger partial charge in [-0.15, -0.1) is 0 Å². The van der Waals surface area contributed by atoms with Crippen molar-refractivity contribution in [1.29, 1.82) is 0 Å². The van der Waals surface area contributed by atoms with Crippen molar-refractivity contribution in [3.63, 3.8) is 0 Å². The molecule has 1 aromatic heterocycles. The number of nitrogens with zero attached hydrogens (tertiary/aromatic N) is 1. The van der Waals surface area contributed by atoms with Crippen molar-refractivity contribution >= 4 is 5.97 Å². The van der Waals surface area contributed by atoms with Gasteiger partial charge in [-0.3, -0.25) is 0 Å². The Kier molecular flexibility index (Phi) is 6.23. The van der Waals surface area contributed by atoms with Gasteiger partial charge >= 0.3 is 5.97 Å². The smallest absolute Gasteiger partial charge is 0.355 e. The van der Waals surface area contributed by atoms with E-state index in [9.17, 15) is 9.90 Å². The van der Waals surface area contributed by atoms with Gasteiger partial charge in [-0.2, -0.15) is 0 Å². The first-order valence-electron chi connectivity index (χ1n) is 9.28. The van der Waals surface area contributed by atoms with E-state index in [1.54, 1.807) is 12.1 Å². The molecule has 5 nitrogen and oxygen atoms in total. The molecule has 0 aliphatic carbocycles. The summed E-state index contributed by atoms with van der Waals surface area (Å²) in [5, 5.41) is 12.8. The predicted octanol–water partition coefficient (Wildman–Crippen LogP) is 3.91. The minimum Gasteiger partial charge on any atom is -0.493 e. The van der Waals surface area contributed by atoms with Crippen LogP contribution in [-0.4, -0.2) is 35.8 Å². The minimum atomic E-state index is -1.02. The van der Waals surface area contributed by atoms with Gasteiger partial charge in [0.2, 0.25) is 0 Å². The summed E-state index contributed by atoms with van der Waals surface area (Å²) in [6.07, 6.45) is 6.26. The Morgan fingerprint density at radius 2 is 2.00 bits per heavy atom. The highest BCUT2D eigenvalue weighted by Crippen LogP contribution is 2.31. The molecule has 2 aromatic rings. The van der Waals surface area contributed by atoms with Crippen molar-refractivity contribution in [1.82, 2.24) is 10.3 Å². The summed E-state index contributed by atoms with van der Waals surface area (Å²) in [6, 6.07) is 9.32.